The summed E-state index contributed by atoms with van der Waals surface area (Å²) in [6, 6.07) is 6.14. The first-order chi connectivity index (χ1) is 6.68. The summed E-state index contributed by atoms with van der Waals surface area (Å²) in [7, 11) is 0. The monoisotopic (exact) mass is 187 g/mol. The number of fused-ring (bicyclic) bond motifs is 1. The molecular formula is C11H13N3. The molecule has 1 aromatic heterocycles. The van der Waals surface area contributed by atoms with Gasteiger partial charge in [0.25, 0.3) is 0 Å². The summed E-state index contributed by atoms with van der Waals surface area (Å²) in [5.74, 6) is 1.05. The smallest absolute Gasteiger partial charge is 0.134 e. The average molecular weight is 187 g/mol. The molecule has 0 aliphatic rings. The molecule has 0 saturated carbocycles. The fourth-order valence-corrected chi connectivity index (χ4v) is 1.45. The van der Waals surface area contributed by atoms with Crippen molar-refractivity contribution in [3.05, 3.63) is 30.1 Å². The quantitative estimate of drug-likeness (QED) is 0.745. The Hall–Kier alpha value is -1.64. The molecule has 3 nitrogen and oxygen atoms in total. The molecule has 14 heavy (non-hydrogen) atoms. The van der Waals surface area contributed by atoms with Crippen LogP contribution in [0.1, 0.15) is 25.3 Å². The Balaban J connectivity index is 2.70. The number of rotatable bonds is 1. The maximum atomic E-state index is 5.77. The van der Waals surface area contributed by atoms with Gasteiger partial charge in [-0.3, -0.25) is 0 Å². The third kappa shape index (κ3) is 1.41. The minimum absolute atomic E-state index is 0.499. The molecule has 0 spiro atoms. The van der Waals surface area contributed by atoms with Crippen molar-refractivity contribution in [2.75, 3.05) is 5.73 Å². The first kappa shape index (κ1) is 8.94. The Bertz CT molecular complexity index is 463. The predicted molar refractivity (Wildman–Crippen MR) is 58.0 cm³/mol. The zero-order valence-electron chi connectivity index (χ0n) is 8.36. The van der Waals surface area contributed by atoms with Gasteiger partial charge >= 0.3 is 0 Å². The number of nitrogen functional groups attached to an aromatic ring is 1. The average Bonchev–Trinajstić information content (AvgIpc) is 2.18. The Morgan fingerprint density at radius 2 is 2.00 bits per heavy atom. The van der Waals surface area contributed by atoms with Crippen LogP contribution < -0.4 is 5.73 Å². The van der Waals surface area contributed by atoms with Gasteiger partial charge in [0.15, 0.2) is 0 Å². The highest BCUT2D eigenvalue weighted by molar-refractivity contribution is 5.88. The van der Waals surface area contributed by atoms with E-state index in [9.17, 15) is 0 Å². The molecule has 0 radical (unpaired) electrons. The second kappa shape index (κ2) is 3.25. The number of hydrogen-bond acceptors (Lipinski definition) is 3. The first-order valence-electron chi connectivity index (χ1n) is 4.68. The van der Waals surface area contributed by atoms with Crippen LogP contribution in [0.5, 0.6) is 0 Å². The van der Waals surface area contributed by atoms with Crippen LogP contribution in [0.25, 0.3) is 10.9 Å². The predicted octanol–water partition coefficient (Wildman–Crippen LogP) is 2.34. The lowest BCUT2D eigenvalue weighted by atomic mass is 10.0. The van der Waals surface area contributed by atoms with Gasteiger partial charge in [-0.2, -0.15) is 0 Å². The molecule has 2 rings (SSSR count). The lowest BCUT2D eigenvalue weighted by Crippen LogP contribution is -1.95. The van der Waals surface area contributed by atoms with Crippen LogP contribution in [-0.2, 0) is 0 Å². The lowest BCUT2D eigenvalue weighted by Gasteiger charge is -2.06. The minimum atomic E-state index is 0.499. The van der Waals surface area contributed by atoms with E-state index in [0.29, 0.717) is 11.7 Å². The molecule has 0 saturated heterocycles. The number of hydrogen-bond donors (Lipinski definition) is 1. The molecule has 3 heteroatoms. The Morgan fingerprint density at radius 3 is 2.71 bits per heavy atom. The summed E-state index contributed by atoms with van der Waals surface area (Å²) in [5, 5.41) is 0.943. The highest BCUT2D eigenvalue weighted by Crippen LogP contribution is 2.22. The summed E-state index contributed by atoms with van der Waals surface area (Å²) in [6.07, 6.45) is 1.49. The molecular weight excluding hydrogens is 174 g/mol. The Kier molecular flexibility index (Phi) is 2.08. The molecule has 1 heterocycles. The van der Waals surface area contributed by atoms with Gasteiger partial charge in [-0.1, -0.05) is 19.9 Å². The van der Waals surface area contributed by atoms with E-state index in [2.05, 4.69) is 35.9 Å². The number of nitrogens with two attached hydrogens (primary N) is 1. The Labute approximate surface area is 83.0 Å². The van der Waals surface area contributed by atoms with Crippen LogP contribution in [0.2, 0.25) is 0 Å². The van der Waals surface area contributed by atoms with Gasteiger partial charge in [0.05, 0.1) is 5.52 Å². The van der Waals surface area contributed by atoms with Crippen LogP contribution in [-0.4, -0.2) is 9.97 Å². The van der Waals surface area contributed by atoms with Gasteiger partial charge < -0.3 is 5.73 Å². The highest BCUT2D eigenvalue weighted by Gasteiger charge is 2.03. The van der Waals surface area contributed by atoms with Crippen LogP contribution in [0.4, 0.5) is 5.82 Å². The molecule has 0 bridgehead atoms. The zero-order valence-corrected chi connectivity index (χ0v) is 8.36. The third-order valence-electron chi connectivity index (χ3n) is 2.36. The van der Waals surface area contributed by atoms with E-state index in [1.54, 1.807) is 0 Å². The van der Waals surface area contributed by atoms with Gasteiger partial charge in [0.2, 0.25) is 0 Å². The number of aromatic nitrogens is 2. The summed E-state index contributed by atoms with van der Waals surface area (Å²) in [6.45, 7) is 4.31. The van der Waals surface area contributed by atoms with Crippen molar-refractivity contribution in [1.82, 2.24) is 9.97 Å². The van der Waals surface area contributed by atoms with Gasteiger partial charge in [0.1, 0.15) is 12.1 Å². The van der Waals surface area contributed by atoms with Crippen molar-refractivity contribution in [2.45, 2.75) is 19.8 Å². The molecule has 72 valence electrons. The molecule has 0 aliphatic carbocycles. The Morgan fingerprint density at radius 1 is 1.21 bits per heavy atom. The normalized spacial score (nSPS) is 11.1. The molecule has 0 aliphatic heterocycles. The summed E-state index contributed by atoms with van der Waals surface area (Å²) in [4.78, 5) is 8.13. The minimum Gasteiger partial charge on any atom is -0.383 e. The number of nitrogens with zero attached hydrogens (tertiary/aromatic N) is 2. The molecule has 1 aromatic carbocycles. The van der Waals surface area contributed by atoms with Crippen molar-refractivity contribution in [1.29, 1.82) is 0 Å². The fraction of sp³-hybridized carbons (Fsp3) is 0.273. The standard InChI is InChI=1S/C11H13N3/c1-7(2)8-3-4-10-9(5-8)11(12)14-6-13-10/h3-7H,1-2H3,(H2,12,13,14). The molecule has 2 N–H and O–H groups in total. The van der Waals surface area contributed by atoms with Crippen LogP contribution >= 0.6 is 0 Å². The zero-order chi connectivity index (χ0) is 10.1. The maximum absolute atomic E-state index is 5.77. The van der Waals surface area contributed by atoms with Gasteiger partial charge in [-0.25, -0.2) is 9.97 Å². The van der Waals surface area contributed by atoms with Crippen LogP contribution in [0.15, 0.2) is 24.5 Å². The topological polar surface area (TPSA) is 51.8 Å². The van der Waals surface area contributed by atoms with E-state index in [1.807, 2.05) is 6.07 Å². The van der Waals surface area contributed by atoms with Crippen molar-refractivity contribution in [3.63, 3.8) is 0 Å². The number of anilines is 1. The summed E-state index contributed by atoms with van der Waals surface area (Å²) >= 11 is 0. The molecule has 0 unspecified atom stereocenters. The summed E-state index contributed by atoms with van der Waals surface area (Å²) < 4.78 is 0. The van der Waals surface area contributed by atoms with Crippen molar-refractivity contribution in [2.24, 2.45) is 0 Å². The lowest BCUT2D eigenvalue weighted by molar-refractivity contribution is 0.868. The van der Waals surface area contributed by atoms with Gasteiger partial charge in [-0.15, -0.1) is 0 Å². The van der Waals surface area contributed by atoms with E-state index >= 15 is 0 Å². The third-order valence-corrected chi connectivity index (χ3v) is 2.36. The second-order valence-corrected chi connectivity index (χ2v) is 3.69. The van der Waals surface area contributed by atoms with E-state index < -0.39 is 0 Å². The molecule has 0 fully saturated rings. The van der Waals surface area contributed by atoms with E-state index in [1.165, 1.54) is 11.9 Å². The van der Waals surface area contributed by atoms with Crippen LogP contribution in [0.3, 0.4) is 0 Å². The van der Waals surface area contributed by atoms with Gasteiger partial charge in [0, 0.05) is 5.39 Å². The van der Waals surface area contributed by atoms with E-state index in [4.69, 9.17) is 5.73 Å². The largest absolute Gasteiger partial charge is 0.383 e. The maximum Gasteiger partial charge on any atom is 0.134 e. The van der Waals surface area contributed by atoms with E-state index in [0.717, 1.165) is 10.9 Å². The van der Waals surface area contributed by atoms with Gasteiger partial charge in [-0.05, 0) is 23.6 Å². The highest BCUT2D eigenvalue weighted by atomic mass is 14.9. The number of benzene rings is 1. The van der Waals surface area contributed by atoms with Crippen molar-refractivity contribution < 1.29 is 0 Å². The van der Waals surface area contributed by atoms with E-state index in [-0.39, 0.29) is 0 Å². The van der Waals surface area contributed by atoms with Crippen molar-refractivity contribution >= 4 is 16.7 Å². The molecule has 0 amide bonds. The molecule has 2 aromatic rings. The fourth-order valence-electron chi connectivity index (χ4n) is 1.45. The van der Waals surface area contributed by atoms with Crippen molar-refractivity contribution in [3.8, 4) is 0 Å². The summed E-state index contributed by atoms with van der Waals surface area (Å²) in [5.41, 5.74) is 7.94. The molecule has 0 atom stereocenters. The second-order valence-electron chi connectivity index (χ2n) is 3.69. The van der Waals surface area contributed by atoms with Crippen LogP contribution in [0, 0.1) is 0 Å². The first-order valence-corrected chi connectivity index (χ1v) is 4.68. The SMILES string of the molecule is CC(C)c1ccc2ncnc(N)c2c1.